The smallest absolute Gasteiger partial charge is 0.410 e. The molecular formula is C85H109N9O16. The second kappa shape index (κ2) is 51.4. The molecule has 6 aromatic carbocycles. The van der Waals surface area contributed by atoms with Crippen molar-refractivity contribution in [3.63, 3.8) is 0 Å². The topological polar surface area (TPSA) is 329 Å². The molecule has 2 aliphatic rings. The number of esters is 2. The van der Waals surface area contributed by atoms with E-state index in [0.29, 0.717) is 171 Å². The van der Waals surface area contributed by atoms with E-state index >= 15 is 0 Å². The van der Waals surface area contributed by atoms with Crippen molar-refractivity contribution in [1.29, 1.82) is 0 Å². The quantitative estimate of drug-likeness (QED) is 0.00779. The average Bonchev–Trinajstić information content (AvgIpc) is 1.65. The summed E-state index contributed by atoms with van der Waals surface area (Å²) < 4.78 is 22.2. The Morgan fingerprint density at radius 2 is 0.755 bits per heavy atom. The highest BCUT2D eigenvalue weighted by Gasteiger charge is 2.37. The SMILES string of the molecule is CC(=O)NCCCNCCCC(C(=O)NCCCCCN1C(=O)c2ccccc2C1=O)N(CCCCC(=O)OCc1ccccc1)C(=O)OCc1ccccc1.CCCC=O.NCCCC(C(=O)NCCCCCN1C(=O)c2ccccc2C1=O)N(CCCCC(=O)OCc1ccccc1)C(=O)OCc1ccccc1. The van der Waals surface area contributed by atoms with Crippen LogP contribution in [0.3, 0.4) is 0 Å². The molecular weight excluding hydrogens is 1400 g/mol. The predicted molar refractivity (Wildman–Crippen MR) is 416 cm³/mol. The number of hydrogen-bond acceptors (Lipinski definition) is 18. The molecule has 0 bridgehead atoms. The molecule has 6 aromatic rings. The molecule has 25 heteroatoms. The Bertz CT molecular complexity index is 3760. The summed E-state index contributed by atoms with van der Waals surface area (Å²) in [6.07, 6.45) is 9.91. The molecule has 8 rings (SSSR count). The Kier molecular flexibility index (Phi) is 41.1. The van der Waals surface area contributed by atoms with Crippen molar-refractivity contribution in [3.05, 3.63) is 214 Å². The average molecular weight is 1510 g/mol. The highest BCUT2D eigenvalue weighted by molar-refractivity contribution is 6.22. The van der Waals surface area contributed by atoms with E-state index in [1.807, 2.05) is 128 Å². The third-order valence-electron chi connectivity index (χ3n) is 18.1. The fourth-order valence-electron chi connectivity index (χ4n) is 12.1. The zero-order valence-corrected chi connectivity index (χ0v) is 63.6. The van der Waals surface area contributed by atoms with E-state index in [0.717, 1.165) is 41.4 Å². The van der Waals surface area contributed by atoms with Crippen LogP contribution in [0.25, 0.3) is 0 Å². The van der Waals surface area contributed by atoms with Gasteiger partial charge in [-0.1, -0.05) is 153 Å². The maximum absolute atomic E-state index is 13.9. The Morgan fingerprint density at radius 1 is 0.409 bits per heavy atom. The normalized spacial score (nSPS) is 12.4. The first-order valence-electron chi connectivity index (χ1n) is 38.4. The van der Waals surface area contributed by atoms with Gasteiger partial charge < -0.3 is 50.7 Å². The molecule has 590 valence electrons. The molecule has 0 radical (unpaired) electrons. The largest absolute Gasteiger partial charge is 0.461 e. The molecule has 0 spiro atoms. The van der Waals surface area contributed by atoms with E-state index in [1.165, 1.54) is 26.5 Å². The van der Waals surface area contributed by atoms with Crippen molar-refractivity contribution in [2.24, 2.45) is 5.73 Å². The summed E-state index contributed by atoms with van der Waals surface area (Å²) in [5.74, 6) is -2.50. The lowest BCUT2D eigenvalue weighted by molar-refractivity contribution is -0.146. The highest BCUT2D eigenvalue weighted by atomic mass is 16.6. The van der Waals surface area contributed by atoms with Gasteiger partial charge in [-0.05, 0) is 169 Å². The molecule has 25 nitrogen and oxygen atoms in total. The summed E-state index contributed by atoms with van der Waals surface area (Å²) in [4.78, 5) is 156. The third-order valence-corrected chi connectivity index (χ3v) is 18.1. The van der Waals surface area contributed by atoms with E-state index < -0.39 is 24.3 Å². The number of ether oxygens (including phenoxy) is 4. The monoisotopic (exact) mass is 1510 g/mol. The van der Waals surface area contributed by atoms with Crippen LogP contribution in [0.5, 0.6) is 0 Å². The van der Waals surface area contributed by atoms with Gasteiger partial charge in [-0.25, -0.2) is 9.59 Å². The molecule has 9 amide bonds. The molecule has 2 aliphatic heterocycles. The number of rotatable bonds is 47. The van der Waals surface area contributed by atoms with Gasteiger partial charge in [-0.15, -0.1) is 0 Å². The van der Waals surface area contributed by atoms with Crippen LogP contribution in [0.4, 0.5) is 9.59 Å². The van der Waals surface area contributed by atoms with E-state index in [1.54, 1.807) is 48.5 Å². The molecule has 0 aliphatic carbocycles. The number of benzene rings is 6. The fourth-order valence-corrected chi connectivity index (χ4v) is 12.1. The van der Waals surface area contributed by atoms with Gasteiger partial charge in [-0.2, -0.15) is 0 Å². The van der Waals surface area contributed by atoms with Crippen LogP contribution >= 0.6 is 0 Å². The number of carbonyl (C=O) groups excluding carboxylic acids is 12. The highest BCUT2D eigenvalue weighted by Crippen LogP contribution is 2.25. The Labute approximate surface area is 646 Å². The van der Waals surface area contributed by atoms with Gasteiger partial charge in [0.1, 0.15) is 44.8 Å². The summed E-state index contributed by atoms with van der Waals surface area (Å²) in [5.41, 5.74) is 10.9. The van der Waals surface area contributed by atoms with Crippen molar-refractivity contribution in [2.45, 2.75) is 174 Å². The van der Waals surface area contributed by atoms with Crippen molar-refractivity contribution < 1.29 is 76.5 Å². The number of nitrogens with one attached hydrogen (secondary N) is 4. The first kappa shape index (κ1) is 88.0. The van der Waals surface area contributed by atoms with Gasteiger partial charge >= 0.3 is 24.1 Å². The fraction of sp³-hybridized carbons (Fsp3) is 0.435. The molecule has 6 N–H and O–H groups in total. The summed E-state index contributed by atoms with van der Waals surface area (Å²) in [6.45, 7) is 7.84. The first-order chi connectivity index (χ1) is 53.5. The third kappa shape index (κ3) is 31.7. The first-order valence-corrected chi connectivity index (χ1v) is 38.4. The molecule has 0 aromatic heterocycles. The van der Waals surface area contributed by atoms with Crippen LogP contribution in [0.1, 0.15) is 200 Å². The summed E-state index contributed by atoms with van der Waals surface area (Å²) in [5, 5.41) is 12.1. The minimum absolute atomic E-state index is 0.0410. The zero-order chi connectivity index (χ0) is 78.9. The number of unbranched alkanes of at least 4 members (excludes halogenated alkanes) is 7. The number of nitrogens with zero attached hydrogens (tertiary/aromatic N) is 4. The van der Waals surface area contributed by atoms with Gasteiger partial charge in [0, 0.05) is 72.0 Å². The van der Waals surface area contributed by atoms with Gasteiger partial charge in [0.25, 0.3) is 23.6 Å². The van der Waals surface area contributed by atoms with Crippen molar-refractivity contribution in [1.82, 2.24) is 40.9 Å². The van der Waals surface area contributed by atoms with E-state index in [9.17, 15) is 57.5 Å². The lowest BCUT2D eigenvalue weighted by Crippen LogP contribution is -2.50. The summed E-state index contributed by atoms with van der Waals surface area (Å²) in [7, 11) is 0. The number of hydrogen-bond donors (Lipinski definition) is 5. The second-order valence-corrected chi connectivity index (χ2v) is 26.6. The van der Waals surface area contributed by atoms with Gasteiger partial charge in [0.2, 0.25) is 17.7 Å². The second-order valence-electron chi connectivity index (χ2n) is 26.6. The van der Waals surface area contributed by atoms with Crippen molar-refractivity contribution >= 4 is 71.8 Å². The lowest BCUT2D eigenvalue weighted by atomic mass is 10.1. The van der Waals surface area contributed by atoms with Crippen LogP contribution in [0.15, 0.2) is 170 Å². The molecule has 0 saturated heterocycles. The maximum atomic E-state index is 13.9. The molecule has 2 unspecified atom stereocenters. The lowest BCUT2D eigenvalue weighted by Gasteiger charge is -2.30. The number of nitrogens with two attached hydrogens (primary N) is 1. The molecule has 2 atom stereocenters. The Hall–Kier alpha value is -10.9. The van der Waals surface area contributed by atoms with E-state index in [4.69, 9.17) is 24.7 Å². The van der Waals surface area contributed by atoms with Gasteiger partial charge in [0.05, 0.1) is 22.3 Å². The van der Waals surface area contributed by atoms with Gasteiger partial charge in [-0.3, -0.25) is 62.8 Å². The number of fused-ring (bicyclic) bond motifs is 2. The van der Waals surface area contributed by atoms with Crippen LogP contribution in [0, 0.1) is 0 Å². The maximum Gasteiger partial charge on any atom is 0.410 e. The summed E-state index contributed by atoms with van der Waals surface area (Å²) in [6, 6.07) is 49.4. The Morgan fingerprint density at radius 3 is 1.10 bits per heavy atom. The molecule has 110 heavy (non-hydrogen) atoms. The molecule has 2 heterocycles. The van der Waals surface area contributed by atoms with Crippen LogP contribution < -0.4 is 27.0 Å². The number of amides is 9. The number of aldehydes is 1. The van der Waals surface area contributed by atoms with E-state index in [-0.39, 0.29) is 106 Å². The number of imide groups is 2. The molecule has 0 fully saturated rings. The Balaban J connectivity index is 0.000000326. The number of carbonyl (C=O) groups is 12. The van der Waals surface area contributed by atoms with Crippen LogP contribution in [0.2, 0.25) is 0 Å². The van der Waals surface area contributed by atoms with Gasteiger partial charge in [0.15, 0.2) is 0 Å². The van der Waals surface area contributed by atoms with E-state index in [2.05, 4.69) is 21.3 Å². The molecule has 0 saturated carbocycles. The zero-order valence-electron chi connectivity index (χ0n) is 63.6. The summed E-state index contributed by atoms with van der Waals surface area (Å²) >= 11 is 0. The van der Waals surface area contributed by atoms with Crippen LogP contribution in [-0.4, -0.2) is 169 Å². The predicted octanol–water partition coefficient (Wildman–Crippen LogP) is 11.6. The van der Waals surface area contributed by atoms with Crippen molar-refractivity contribution in [3.8, 4) is 0 Å². The standard InChI is InChI=1S/C43H55N5O8.C38H46N4O7.C4H8O/c1-33(49)45-28-16-26-44-25-15-23-38(40(51)46-27-12-4-13-30-48-41(52)36-21-9-10-22-37(36)42(48)53)47(43(54)56-32-35-19-7-3-8-20-35)29-14-11-24-39(50)55-31-34-17-5-2-6-18-34;39-23-14-21-33(35(44)40-24-11-3-12-26-42-36(45)31-19-8-9-20-32(31)37(42)46)41(38(47)49-28-30-17-6-2-7-18-30)25-13-10-22-34(43)48-27-29-15-4-1-5-16-29;1-2-3-4-5/h2-3,5-10,17-22,38,44H,4,11-16,23-32H2,1H3,(H,45,49)(H,46,51);1-2,4-9,15-20,33H,3,10-14,21-28,39H2,(H,40,44);4H,2-3H2,1H3. The van der Waals surface area contributed by atoms with Crippen LogP contribution in [-0.2, 0) is 74.1 Å². The minimum Gasteiger partial charge on any atom is -0.461 e. The van der Waals surface area contributed by atoms with Crippen molar-refractivity contribution in [2.75, 3.05) is 65.4 Å². The minimum atomic E-state index is -0.831.